The van der Waals surface area contributed by atoms with E-state index in [1.165, 1.54) is 0 Å². The van der Waals surface area contributed by atoms with Crippen molar-refractivity contribution < 1.29 is 4.74 Å². The van der Waals surface area contributed by atoms with E-state index in [0.717, 1.165) is 27.6 Å². The summed E-state index contributed by atoms with van der Waals surface area (Å²) >= 11 is 3.45. The molecule has 84 valence electrons. The minimum absolute atomic E-state index is 0.750. The lowest BCUT2D eigenvalue weighted by atomic mass is 10.3. The highest BCUT2D eigenvalue weighted by molar-refractivity contribution is 9.10. The van der Waals surface area contributed by atoms with Gasteiger partial charge in [-0.25, -0.2) is 9.67 Å². The molecule has 2 aromatic rings. The number of hydrogen-bond acceptors (Lipinski definition) is 3. The van der Waals surface area contributed by atoms with E-state index < -0.39 is 0 Å². The van der Waals surface area contributed by atoms with Gasteiger partial charge in [-0.15, -0.1) is 0 Å². The maximum Gasteiger partial charge on any atom is 0.158 e. The molecule has 0 amide bonds. The van der Waals surface area contributed by atoms with Crippen molar-refractivity contribution in [1.82, 2.24) is 14.8 Å². The second kappa shape index (κ2) is 4.25. The number of ether oxygens (including phenoxy) is 1. The first kappa shape index (κ1) is 11.1. The van der Waals surface area contributed by atoms with E-state index in [0.29, 0.717) is 0 Å². The van der Waals surface area contributed by atoms with Crippen molar-refractivity contribution in [1.29, 1.82) is 0 Å². The van der Waals surface area contributed by atoms with Crippen LogP contribution in [0.15, 0.2) is 22.7 Å². The van der Waals surface area contributed by atoms with Gasteiger partial charge in [0, 0.05) is 0 Å². The average molecular weight is 282 g/mol. The van der Waals surface area contributed by atoms with E-state index in [9.17, 15) is 0 Å². The van der Waals surface area contributed by atoms with E-state index >= 15 is 0 Å². The summed E-state index contributed by atoms with van der Waals surface area (Å²) in [6.45, 7) is 3.79. The van der Waals surface area contributed by atoms with Gasteiger partial charge in [-0.1, -0.05) is 6.07 Å². The Kier molecular flexibility index (Phi) is 2.96. The van der Waals surface area contributed by atoms with E-state index in [-0.39, 0.29) is 0 Å². The second-order valence-electron chi connectivity index (χ2n) is 3.41. The second-order valence-corrected chi connectivity index (χ2v) is 4.26. The lowest BCUT2D eigenvalue weighted by Gasteiger charge is -2.10. The number of para-hydroxylation sites is 1. The highest BCUT2D eigenvalue weighted by Gasteiger charge is 2.12. The van der Waals surface area contributed by atoms with Crippen molar-refractivity contribution in [3.05, 3.63) is 34.3 Å². The Morgan fingerprint density at radius 2 is 2.06 bits per heavy atom. The molecule has 0 aliphatic carbocycles. The number of aryl methyl sites for hydroxylation is 2. The molecule has 2 rings (SSSR count). The number of nitrogens with zero attached hydrogens (tertiary/aromatic N) is 3. The lowest BCUT2D eigenvalue weighted by Crippen LogP contribution is -2.02. The fourth-order valence-electron chi connectivity index (χ4n) is 1.62. The first-order valence-corrected chi connectivity index (χ1v) is 5.66. The third-order valence-corrected chi connectivity index (χ3v) is 2.88. The molecule has 0 bridgehead atoms. The van der Waals surface area contributed by atoms with Crippen molar-refractivity contribution in [2.45, 2.75) is 13.8 Å². The van der Waals surface area contributed by atoms with E-state index in [4.69, 9.17) is 4.74 Å². The summed E-state index contributed by atoms with van der Waals surface area (Å²) in [5.74, 6) is 2.35. The summed E-state index contributed by atoms with van der Waals surface area (Å²) < 4.78 is 8.04. The van der Waals surface area contributed by atoms with Gasteiger partial charge in [0.05, 0.1) is 11.6 Å². The van der Waals surface area contributed by atoms with Crippen molar-refractivity contribution in [3.63, 3.8) is 0 Å². The molecule has 4 nitrogen and oxygen atoms in total. The summed E-state index contributed by atoms with van der Waals surface area (Å²) in [6, 6.07) is 5.82. The Hall–Kier alpha value is -1.36. The van der Waals surface area contributed by atoms with Crippen LogP contribution in [0.25, 0.3) is 5.69 Å². The molecule has 0 atom stereocenters. The molecular weight excluding hydrogens is 270 g/mol. The Morgan fingerprint density at radius 1 is 1.31 bits per heavy atom. The standard InChI is InChI=1S/C11H12BrN3O/c1-7-13-8(2)15(14-7)10-6-4-5-9(12)11(10)16-3/h4-6H,1-3H3. The molecule has 0 spiro atoms. The summed E-state index contributed by atoms with van der Waals surface area (Å²) in [5, 5.41) is 4.33. The van der Waals surface area contributed by atoms with Gasteiger partial charge >= 0.3 is 0 Å². The molecule has 1 aromatic heterocycles. The number of benzene rings is 1. The van der Waals surface area contributed by atoms with E-state index in [1.807, 2.05) is 32.0 Å². The van der Waals surface area contributed by atoms with Crippen LogP contribution in [0.1, 0.15) is 11.6 Å². The zero-order chi connectivity index (χ0) is 11.7. The highest BCUT2D eigenvalue weighted by atomic mass is 79.9. The number of rotatable bonds is 2. The molecule has 0 fully saturated rings. The Morgan fingerprint density at radius 3 is 2.62 bits per heavy atom. The Balaban J connectivity index is 2.64. The number of halogens is 1. The topological polar surface area (TPSA) is 39.9 Å². The Labute approximate surface area is 102 Å². The predicted octanol–water partition coefficient (Wildman–Crippen LogP) is 2.66. The van der Waals surface area contributed by atoms with Crippen LogP contribution < -0.4 is 4.74 Å². The van der Waals surface area contributed by atoms with Crippen LogP contribution in [0, 0.1) is 13.8 Å². The number of aromatic nitrogens is 3. The van der Waals surface area contributed by atoms with Gasteiger partial charge in [0.1, 0.15) is 17.3 Å². The van der Waals surface area contributed by atoms with E-state index in [2.05, 4.69) is 26.0 Å². The van der Waals surface area contributed by atoms with Crippen LogP contribution >= 0.6 is 15.9 Å². The molecule has 0 aliphatic heterocycles. The molecule has 1 heterocycles. The van der Waals surface area contributed by atoms with Crippen LogP contribution in [0.3, 0.4) is 0 Å². The minimum Gasteiger partial charge on any atom is -0.493 e. The molecule has 0 radical (unpaired) electrons. The van der Waals surface area contributed by atoms with Crippen LogP contribution in [-0.2, 0) is 0 Å². The van der Waals surface area contributed by atoms with Crippen molar-refractivity contribution in [2.24, 2.45) is 0 Å². The van der Waals surface area contributed by atoms with Crippen molar-refractivity contribution in [2.75, 3.05) is 7.11 Å². The maximum atomic E-state index is 5.36. The summed E-state index contributed by atoms with van der Waals surface area (Å²) in [6.07, 6.45) is 0. The maximum absolute atomic E-state index is 5.36. The lowest BCUT2D eigenvalue weighted by molar-refractivity contribution is 0.408. The summed E-state index contributed by atoms with van der Waals surface area (Å²) in [5.41, 5.74) is 0.884. The Bertz CT molecular complexity index is 522. The van der Waals surface area contributed by atoms with Gasteiger partial charge < -0.3 is 4.74 Å². The minimum atomic E-state index is 0.750. The molecule has 5 heteroatoms. The zero-order valence-corrected chi connectivity index (χ0v) is 10.9. The third-order valence-electron chi connectivity index (χ3n) is 2.25. The molecule has 16 heavy (non-hydrogen) atoms. The van der Waals surface area contributed by atoms with E-state index in [1.54, 1.807) is 11.8 Å². The first-order valence-electron chi connectivity index (χ1n) is 4.86. The molecule has 0 saturated heterocycles. The van der Waals surface area contributed by atoms with Crippen molar-refractivity contribution >= 4 is 15.9 Å². The zero-order valence-electron chi connectivity index (χ0n) is 9.36. The SMILES string of the molecule is COc1c(Br)cccc1-n1nc(C)nc1C. The molecule has 0 aliphatic rings. The van der Waals surface area contributed by atoms with Gasteiger partial charge in [0.25, 0.3) is 0 Å². The molecule has 0 unspecified atom stereocenters. The largest absolute Gasteiger partial charge is 0.493 e. The molecule has 0 N–H and O–H groups in total. The quantitative estimate of drug-likeness (QED) is 0.850. The van der Waals surface area contributed by atoms with Gasteiger partial charge in [-0.2, -0.15) is 5.10 Å². The molecule has 0 saturated carbocycles. The van der Waals surface area contributed by atoms with Crippen LogP contribution in [0.4, 0.5) is 0 Å². The molecular formula is C11H12BrN3O. The normalized spacial score (nSPS) is 10.5. The number of hydrogen-bond donors (Lipinski definition) is 0. The third kappa shape index (κ3) is 1.82. The van der Waals surface area contributed by atoms with Crippen LogP contribution in [-0.4, -0.2) is 21.9 Å². The summed E-state index contributed by atoms with van der Waals surface area (Å²) in [7, 11) is 1.64. The highest BCUT2D eigenvalue weighted by Crippen LogP contribution is 2.31. The summed E-state index contributed by atoms with van der Waals surface area (Å²) in [4.78, 5) is 4.27. The fourth-order valence-corrected chi connectivity index (χ4v) is 2.13. The monoisotopic (exact) mass is 281 g/mol. The first-order chi connectivity index (χ1) is 7.63. The smallest absolute Gasteiger partial charge is 0.158 e. The van der Waals surface area contributed by atoms with Crippen molar-refractivity contribution in [3.8, 4) is 11.4 Å². The number of methoxy groups -OCH3 is 1. The predicted molar refractivity (Wildman–Crippen MR) is 65.1 cm³/mol. The van der Waals surface area contributed by atoms with Gasteiger partial charge in [0.2, 0.25) is 0 Å². The van der Waals surface area contributed by atoms with Gasteiger partial charge in [0.15, 0.2) is 5.75 Å². The van der Waals surface area contributed by atoms with Gasteiger partial charge in [-0.05, 0) is 41.9 Å². The van der Waals surface area contributed by atoms with Crippen LogP contribution in [0.2, 0.25) is 0 Å². The average Bonchev–Trinajstić information content (AvgIpc) is 2.57. The van der Waals surface area contributed by atoms with Gasteiger partial charge in [-0.3, -0.25) is 0 Å². The molecule has 1 aromatic carbocycles. The van der Waals surface area contributed by atoms with Crippen LogP contribution in [0.5, 0.6) is 5.75 Å². The fraction of sp³-hybridized carbons (Fsp3) is 0.273.